The molecule has 10 heteroatoms. The third-order valence-corrected chi connectivity index (χ3v) is 11.7. The summed E-state index contributed by atoms with van der Waals surface area (Å²) in [7, 11) is -4.41. The highest BCUT2D eigenvalue weighted by molar-refractivity contribution is 7.47. The lowest BCUT2D eigenvalue weighted by Gasteiger charge is -2.19. The number of hydrogen-bond acceptors (Lipinski definition) is 8. The molecule has 0 aromatic rings. The monoisotopic (exact) mass is 1000 g/mol. The van der Waals surface area contributed by atoms with Gasteiger partial charge in [-0.1, -0.05) is 211 Å². The van der Waals surface area contributed by atoms with Crippen LogP contribution in [-0.4, -0.2) is 49.3 Å². The Labute approximate surface area is 433 Å². The van der Waals surface area contributed by atoms with Crippen molar-refractivity contribution in [1.29, 1.82) is 0 Å². The van der Waals surface area contributed by atoms with Crippen LogP contribution in [0.2, 0.25) is 0 Å². The van der Waals surface area contributed by atoms with Crippen molar-refractivity contribution in [2.24, 2.45) is 5.73 Å². The first-order valence-corrected chi connectivity index (χ1v) is 28.8. The second-order valence-corrected chi connectivity index (χ2v) is 18.8. The van der Waals surface area contributed by atoms with Crippen molar-refractivity contribution in [3.05, 3.63) is 146 Å². The number of allylic oxidation sites excluding steroid dienone is 24. The van der Waals surface area contributed by atoms with Gasteiger partial charge in [-0.25, -0.2) is 4.57 Å². The minimum absolute atomic E-state index is 0.0388. The Morgan fingerprint density at radius 3 is 1.08 bits per heavy atom. The first kappa shape index (κ1) is 66.9. The van der Waals surface area contributed by atoms with E-state index in [9.17, 15) is 19.0 Å². The van der Waals surface area contributed by atoms with Crippen LogP contribution in [0.1, 0.15) is 194 Å². The van der Waals surface area contributed by atoms with E-state index in [2.05, 4.69) is 160 Å². The van der Waals surface area contributed by atoms with Gasteiger partial charge in [-0.05, 0) is 116 Å². The average molecular weight is 1000 g/mol. The summed E-state index contributed by atoms with van der Waals surface area (Å²) in [5.41, 5.74) is 5.37. The van der Waals surface area contributed by atoms with E-state index in [1.807, 2.05) is 0 Å². The number of phosphoric ester groups is 1. The van der Waals surface area contributed by atoms with Gasteiger partial charge in [0, 0.05) is 19.4 Å². The van der Waals surface area contributed by atoms with E-state index in [0.717, 1.165) is 128 Å². The third kappa shape index (κ3) is 55.1. The van der Waals surface area contributed by atoms with Crippen molar-refractivity contribution in [2.45, 2.75) is 200 Å². The lowest BCUT2D eigenvalue weighted by Crippen LogP contribution is -2.29. The van der Waals surface area contributed by atoms with Crippen LogP contribution in [0.15, 0.2) is 146 Å². The predicted molar refractivity (Wildman–Crippen MR) is 302 cm³/mol. The number of nitrogens with two attached hydrogens (primary N) is 1. The van der Waals surface area contributed by atoms with Crippen LogP contribution in [0.25, 0.3) is 0 Å². The summed E-state index contributed by atoms with van der Waals surface area (Å²) in [5, 5.41) is 0. The van der Waals surface area contributed by atoms with E-state index < -0.39 is 32.5 Å². The maximum atomic E-state index is 12.7. The van der Waals surface area contributed by atoms with Crippen molar-refractivity contribution in [1.82, 2.24) is 0 Å². The van der Waals surface area contributed by atoms with Crippen LogP contribution in [0, 0.1) is 0 Å². The predicted octanol–water partition coefficient (Wildman–Crippen LogP) is 17.2. The Bertz CT molecular complexity index is 1660. The highest BCUT2D eigenvalue weighted by atomic mass is 31.2. The van der Waals surface area contributed by atoms with Gasteiger partial charge in [-0.2, -0.15) is 0 Å². The molecule has 0 radical (unpaired) electrons. The largest absolute Gasteiger partial charge is 0.472 e. The molecule has 0 aliphatic heterocycles. The fraction of sp³-hybridized carbons (Fsp3) is 0.574. The Morgan fingerprint density at radius 1 is 0.423 bits per heavy atom. The smallest absolute Gasteiger partial charge is 0.462 e. The third-order valence-electron chi connectivity index (χ3n) is 10.7. The molecule has 0 aromatic carbocycles. The maximum Gasteiger partial charge on any atom is 0.472 e. The molecule has 0 spiro atoms. The molecule has 71 heavy (non-hydrogen) atoms. The van der Waals surface area contributed by atoms with E-state index in [4.69, 9.17) is 24.3 Å². The van der Waals surface area contributed by atoms with Crippen molar-refractivity contribution < 1.29 is 37.6 Å². The molecule has 3 N–H and O–H groups in total. The van der Waals surface area contributed by atoms with Gasteiger partial charge in [0.05, 0.1) is 13.2 Å². The average Bonchev–Trinajstić information content (AvgIpc) is 3.36. The van der Waals surface area contributed by atoms with Crippen LogP contribution in [0.3, 0.4) is 0 Å². The molecule has 0 rings (SSSR count). The lowest BCUT2D eigenvalue weighted by molar-refractivity contribution is -0.161. The van der Waals surface area contributed by atoms with Gasteiger partial charge in [-0.3, -0.25) is 18.6 Å². The molecule has 0 aromatic heterocycles. The molecule has 2 unspecified atom stereocenters. The molecular formula is C61H98NO8P. The highest BCUT2D eigenvalue weighted by Crippen LogP contribution is 2.43. The van der Waals surface area contributed by atoms with E-state index in [1.54, 1.807) is 0 Å². The van der Waals surface area contributed by atoms with Crippen molar-refractivity contribution in [3.63, 3.8) is 0 Å². The van der Waals surface area contributed by atoms with Gasteiger partial charge in [-0.15, -0.1) is 0 Å². The molecule has 0 fully saturated rings. The normalized spacial score (nSPS) is 14.3. The fourth-order valence-corrected chi connectivity index (χ4v) is 7.52. The summed E-state index contributed by atoms with van der Waals surface area (Å²) in [6, 6.07) is 0. The quantitative estimate of drug-likeness (QED) is 0.0264. The molecule has 0 saturated heterocycles. The zero-order valence-corrected chi connectivity index (χ0v) is 45.3. The summed E-state index contributed by atoms with van der Waals surface area (Å²) in [4.78, 5) is 35.1. The summed E-state index contributed by atoms with van der Waals surface area (Å²) in [6.07, 6.45) is 78.8. The van der Waals surface area contributed by atoms with Crippen molar-refractivity contribution in [3.8, 4) is 0 Å². The lowest BCUT2D eigenvalue weighted by atomic mass is 10.1. The van der Waals surface area contributed by atoms with Gasteiger partial charge >= 0.3 is 19.8 Å². The Morgan fingerprint density at radius 2 is 0.732 bits per heavy atom. The Kier molecular flexibility index (Phi) is 52.0. The zero-order valence-electron chi connectivity index (χ0n) is 44.4. The molecule has 9 nitrogen and oxygen atoms in total. The number of unbranched alkanes of at least 4 members (excludes halogenated alkanes) is 12. The molecule has 2 atom stereocenters. The molecule has 0 aliphatic rings. The molecule has 0 bridgehead atoms. The molecule has 0 saturated carbocycles. The Hall–Kier alpha value is -4.11. The van der Waals surface area contributed by atoms with Gasteiger partial charge in [0.2, 0.25) is 0 Å². The number of carbonyl (C=O) groups excluding carboxylic acids is 2. The molecule has 400 valence electrons. The number of hydrogen-bond donors (Lipinski definition) is 2. The van der Waals surface area contributed by atoms with Gasteiger partial charge in [0.25, 0.3) is 0 Å². The van der Waals surface area contributed by atoms with Crippen LogP contribution in [-0.2, 0) is 32.7 Å². The topological polar surface area (TPSA) is 134 Å². The van der Waals surface area contributed by atoms with Crippen LogP contribution in [0.4, 0.5) is 0 Å². The van der Waals surface area contributed by atoms with Gasteiger partial charge in [0.1, 0.15) is 6.61 Å². The maximum absolute atomic E-state index is 12.7. The second-order valence-electron chi connectivity index (χ2n) is 17.3. The first-order chi connectivity index (χ1) is 34.8. The summed E-state index contributed by atoms with van der Waals surface area (Å²) < 4.78 is 33.0. The number of esters is 2. The minimum atomic E-state index is -4.41. The highest BCUT2D eigenvalue weighted by Gasteiger charge is 2.26. The molecular weight excluding hydrogens is 906 g/mol. The molecule has 0 amide bonds. The fourth-order valence-electron chi connectivity index (χ4n) is 6.76. The summed E-state index contributed by atoms with van der Waals surface area (Å²) in [6.45, 7) is 3.45. The SMILES string of the molecule is CC/C=C\C/C=C\C/C=C\C/C=C\C/C=C\C/C=C\C/C=C\C/C=C\CCCCCCC(=O)OC(COC(=O)CCCCCCCCCC/C=C\C/C=C\C/C=C\C/C=C\CC)COP(=O)(O)OCCN. The zero-order chi connectivity index (χ0) is 51.7. The molecule has 0 aliphatic carbocycles. The summed E-state index contributed by atoms with van der Waals surface area (Å²) >= 11 is 0. The van der Waals surface area contributed by atoms with Gasteiger partial charge in [0.15, 0.2) is 6.10 Å². The second kappa shape index (κ2) is 55.2. The Balaban J connectivity index is 4.15. The van der Waals surface area contributed by atoms with Gasteiger partial charge < -0.3 is 20.1 Å². The van der Waals surface area contributed by atoms with E-state index >= 15 is 0 Å². The minimum Gasteiger partial charge on any atom is -0.462 e. The number of carbonyl (C=O) groups is 2. The van der Waals surface area contributed by atoms with E-state index in [-0.39, 0.29) is 32.6 Å². The van der Waals surface area contributed by atoms with E-state index in [1.165, 1.54) is 25.7 Å². The van der Waals surface area contributed by atoms with Crippen LogP contribution < -0.4 is 5.73 Å². The van der Waals surface area contributed by atoms with Crippen LogP contribution >= 0.6 is 7.82 Å². The van der Waals surface area contributed by atoms with Crippen LogP contribution in [0.5, 0.6) is 0 Å². The molecule has 0 heterocycles. The van der Waals surface area contributed by atoms with Crippen molar-refractivity contribution >= 4 is 19.8 Å². The standard InChI is InChI=1S/C61H98NO8P/c1-3-5-7-9-11-13-15-17-19-21-23-25-26-27-28-29-30-31-32-34-36-38-40-42-44-46-48-50-52-54-61(64)70-59(58-69-71(65,66)68-56-55-62)57-67-60(63)53-51-49-47-45-43-41-39-37-35-33-24-22-20-18-16-14-12-10-8-6-4-2/h5-8,11-14,17-20,23-25,27-28,30-31,33-34,36,40,42,59H,3-4,9-10,15-16,21-22,26,29,32,35,37-39,41,43-58,62H2,1-2H3,(H,65,66)/b7-5-,8-6-,13-11-,14-12-,19-17-,20-18-,25-23-,28-27-,31-30-,33-24-,36-34-,42-40-. The number of phosphoric acid groups is 1. The summed E-state index contributed by atoms with van der Waals surface area (Å²) in [5.74, 6) is -0.879. The number of rotatable bonds is 49. The number of ether oxygens (including phenoxy) is 2. The first-order valence-electron chi connectivity index (χ1n) is 27.3. The van der Waals surface area contributed by atoms with Crippen molar-refractivity contribution in [2.75, 3.05) is 26.4 Å². The van der Waals surface area contributed by atoms with E-state index in [0.29, 0.717) is 12.8 Å².